The Balaban J connectivity index is 1.30. The van der Waals surface area contributed by atoms with Crippen LogP contribution in [-0.4, -0.2) is 64.4 Å². The van der Waals surface area contributed by atoms with Crippen molar-refractivity contribution < 1.29 is 9.53 Å². The van der Waals surface area contributed by atoms with Crippen molar-refractivity contribution >= 4 is 27.9 Å². The lowest BCUT2D eigenvalue weighted by Crippen LogP contribution is -2.52. The molecule has 1 saturated heterocycles. The van der Waals surface area contributed by atoms with Gasteiger partial charge in [-0.1, -0.05) is 0 Å². The number of fused-ring (bicyclic) bond motifs is 1. The van der Waals surface area contributed by atoms with Crippen LogP contribution in [0.2, 0.25) is 0 Å². The molecule has 9 heteroatoms. The highest BCUT2D eigenvalue weighted by Crippen LogP contribution is 2.16. The Morgan fingerprint density at radius 1 is 1.23 bits per heavy atom. The molecule has 3 aromatic rings. The quantitative estimate of drug-likeness (QED) is 0.648. The predicted molar refractivity (Wildman–Crippen MR) is 117 cm³/mol. The highest BCUT2D eigenvalue weighted by Gasteiger charge is 2.26. The molecule has 1 N–H and O–H groups in total. The minimum Gasteiger partial charge on any atom is -0.497 e. The summed E-state index contributed by atoms with van der Waals surface area (Å²) in [5.74, 6) is 0.735. The highest BCUT2D eigenvalue weighted by molar-refractivity contribution is 7.15. The Morgan fingerprint density at radius 2 is 1.97 bits per heavy atom. The van der Waals surface area contributed by atoms with Crippen LogP contribution in [0.3, 0.4) is 0 Å². The van der Waals surface area contributed by atoms with E-state index in [-0.39, 0.29) is 17.5 Å². The van der Waals surface area contributed by atoms with Gasteiger partial charge in [0.25, 0.3) is 5.56 Å². The second-order valence-corrected chi connectivity index (χ2v) is 8.22. The first-order valence-electron chi connectivity index (χ1n) is 9.90. The van der Waals surface area contributed by atoms with Crippen LogP contribution in [0.5, 0.6) is 5.75 Å². The number of carbonyl (C=O) groups excluding carboxylic acids is 1. The van der Waals surface area contributed by atoms with Gasteiger partial charge in [0.2, 0.25) is 5.91 Å². The van der Waals surface area contributed by atoms with E-state index in [0.717, 1.165) is 48.3 Å². The van der Waals surface area contributed by atoms with E-state index in [4.69, 9.17) is 4.74 Å². The number of thiazole rings is 1. The first-order valence-corrected chi connectivity index (χ1v) is 10.8. The van der Waals surface area contributed by atoms with Crippen molar-refractivity contribution in [3.05, 3.63) is 58.0 Å². The number of hydrogen-bond acceptors (Lipinski definition) is 7. The smallest absolute Gasteiger partial charge is 0.258 e. The van der Waals surface area contributed by atoms with E-state index in [0.29, 0.717) is 6.54 Å². The molecule has 1 aliphatic heterocycles. The molecule has 30 heavy (non-hydrogen) atoms. The lowest BCUT2D eigenvalue weighted by Gasteiger charge is -2.37. The van der Waals surface area contributed by atoms with Gasteiger partial charge in [0, 0.05) is 56.1 Å². The van der Waals surface area contributed by atoms with Crippen LogP contribution in [-0.2, 0) is 11.3 Å². The number of rotatable bonds is 6. The van der Waals surface area contributed by atoms with E-state index in [1.165, 1.54) is 11.3 Å². The Bertz CT molecular complexity index is 1070. The molecule has 2 aromatic heterocycles. The van der Waals surface area contributed by atoms with Gasteiger partial charge in [-0.2, -0.15) is 0 Å². The first kappa shape index (κ1) is 20.5. The molecule has 8 nitrogen and oxygen atoms in total. The number of nitrogens with zero attached hydrogens (tertiary/aromatic N) is 4. The largest absolute Gasteiger partial charge is 0.497 e. The normalized spacial score (nSPS) is 16.5. The molecule has 1 amide bonds. The number of methoxy groups -OCH3 is 1. The summed E-state index contributed by atoms with van der Waals surface area (Å²) in [6.45, 7) is 5.80. The predicted octanol–water partition coefficient (Wildman–Crippen LogP) is 1.91. The fourth-order valence-electron chi connectivity index (χ4n) is 3.59. The van der Waals surface area contributed by atoms with Gasteiger partial charge in [-0.05, 0) is 31.2 Å². The van der Waals surface area contributed by atoms with Crippen molar-refractivity contribution in [1.29, 1.82) is 0 Å². The van der Waals surface area contributed by atoms with Crippen LogP contribution in [0.4, 0.5) is 5.69 Å². The number of carbonyl (C=O) groups is 1. The molecule has 0 bridgehead atoms. The Labute approximate surface area is 178 Å². The number of amides is 1. The average molecular weight is 428 g/mol. The van der Waals surface area contributed by atoms with E-state index in [1.807, 2.05) is 36.6 Å². The van der Waals surface area contributed by atoms with E-state index in [2.05, 4.69) is 20.1 Å². The fraction of sp³-hybridized carbons (Fsp3) is 0.381. The summed E-state index contributed by atoms with van der Waals surface area (Å²) in [4.78, 5) is 34.5. The Hall–Kier alpha value is -2.75. The highest BCUT2D eigenvalue weighted by atomic mass is 32.1. The van der Waals surface area contributed by atoms with Crippen molar-refractivity contribution in [2.75, 3.05) is 38.6 Å². The van der Waals surface area contributed by atoms with Crippen molar-refractivity contribution in [3.8, 4) is 5.75 Å². The van der Waals surface area contributed by atoms with Gasteiger partial charge in [-0.15, -0.1) is 11.3 Å². The molecular formula is C21H25N5O3S. The maximum Gasteiger partial charge on any atom is 0.258 e. The van der Waals surface area contributed by atoms with Gasteiger partial charge in [-0.25, -0.2) is 4.98 Å². The second-order valence-electron chi connectivity index (χ2n) is 7.35. The Kier molecular flexibility index (Phi) is 6.12. The number of aromatic nitrogens is 2. The van der Waals surface area contributed by atoms with Gasteiger partial charge in [0.05, 0.1) is 18.8 Å². The zero-order chi connectivity index (χ0) is 21.1. The molecule has 1 aromatic carbocycles. The number of anilines is 1. The minimum atomic E-state index is -0.223. The van der Waals surface area contributed by atoms with Crippen molar-refractivity contribution in [2.45, 2.75) is 19.5 Å². The average Bonchev–Trinajstić information content (AvgIpc) is 3.23. The Morgan fingerprint density at radius 3 is 2.67 bits per heavy atom. The van der Waals surface area contributed by atoms with E-state index >= 15 is 0 Å². The molecule has 158 valence electrons. The number of benzene rings is 1. The first-order chi connectivity index (χ1) is 14.5. The molecule has 1 aliphatic rings. The van der Waals surface area contributed by atoms with Crippen LogP contribution in [0.1, 0.15) is 12.6 Å². The monoisotopic (exact) mass is 427 g/mol. The molecule has 4 rings (SSSR count). The van der Waals surface area contributed by atoms with Crippen molar-refractivity contribution in [3.63, 3.8) is 0 Å². The topological polar surface area (TPSA) is 79.2 Å². The van der Waals surface area contributed by atoms with Gasteiger partial charge in [0.15, 0.2) is 4.96 Å². The second kappa shape index (κ2) is 8.95. The van der Waals surface area contributed by atoms with Gasteiger partial charge in [0.1, 0.15) is 5.75 Å². The van der Waals surface area contributed by atoms with Crippen LogP contribution < -0.4 is 15.6 Å². The fourth-order valence-corrected chi connectivity index (χ4v) is 4.33. The zero-order valence-electron chi connectivity index (χ0n) is 17.1. The molecule has 1 atom stereocenters. The summed E-state index contributed by atoms with van der Waals surface area (Å²) in [5.41, 5.74) is 1.51. The maximum absolute atomic E-state index is 12.6. The number of nitrogens with one attached hydrogen (secondary N) is 1. The number of hydrogen-bond donors (Lipinski definition) is 1. The van der Waals surface area contributed by atoms with Crippen LogP contribution >= 0.6 is 11.3 Å². The third-order valence-corrected chi connectivity index (χ3v) is 6.19. The van der Waals surface area contributed by atoms with Gasteiger partial charge < -0.3 is 10.1 Å². The third-order valence-electron chi connectivity index (χ3n) is 5.43. The number of ether oxygens (including phenoxy) is 1. The minimum absolute atomic E-state index is 0.0218. The summed E-state index contributed by atoms with van der Waals surface area (Å²) < 4.78 is 6.71. The number of piperazine rings is 1. The van der Waals surface area contributed by atoms with E-state index in [1.54, 1.807) is 23.8 Å². The lowest BCUT2D eigenvalue weighted by atomic mass is 10.2. The van der Waals surface area contributed by atoms with Crippen LogP contribution in [0, 0.1) is 0 Å². The summed E-state index contributed by atoms with van der Waals surface area (Å²) in [5, 5.41) is 4.83. The maximum atomic E-state index is 12.6. The van der Waals surface area contributed by atoms with Crippen molar-refractivity contribution in [2.24, 2.45) is 0 Å². The summed E-state index contributed by atoms with van der Waals surface area (Å²) in [6, 6.07) is 8.71. The van der Waals surface area contributed by atoms with Crippen LogP contribution in [0.25, 0.3) is 4.96 Å². The lowest BCUT2D eigenvalue weighted by molar-refractivity contribution is -0.121. The third kappa shape index (κ3) is 4.53. The summed E-state index contributed by atoms with van der Waals surface area (Å²) in [6.07, 6.45) is 1.75. The molecule has 1 unspecified atom stereocenters. The summed E-state index contributed by atoms with van der Waals surface area (Å²) in [7, 11) is 1.62. The van der Waals surface area contributed by atoms with E-state index < -0.39 is 0 Å². The SMILES string of the molecule is COc1ccc(NC(=O)C(C)N2CCN(Cc3cc(=O)n4ccsc4n3)CC2)cc1. The molecule has 0 radical (unpaired) electrons. The van der Waals surface area contributed by atoms with Crippen molar-refractivity contribution in [1.82, 2.24) is 19.2 Å². The molecule has 0 spiro atoms. The molecule has 0 aliphatic carbocycles. The molecule has 1 fully saturated rings. The zero-order valence-corrected chi connectivity index (χ0v) is 17.9. The van der Waals surface area contributed by atoms with E-state index in [9.17, 15) is 9.59 Å². The van der Waals surface area contributed by atoms with Gasteiger partial charge in [-0.3, -0.25) is 23.8 Å². The molecule has 0 saturated carbocycles. The van der Waals surface area contributed by atoms with Crippen LogP contribution in [0.15, 0.2) is 46.7 Å². The molecular weight excluding hydrogens is 402 g/mol. The standard InChI is InChI=1S/C21H25N5O3S/c1-15(20(28)22-16-3-5-18(29-2)6-4-16)25-9-7-24(8-10-25)14-17-13-19(27)26-11-12-30-21(26)23-17/h3-6,11-13,15H,7-10,14H2,1-2H3,(H,22,28). The van der Waals surface area contributed by atoms with Gasteiger partial charge >= 0.3 is 0 Å². The molecule has 3 heterocycles. The summed E-state index contributed by atoms with van der Waals surface area (Å²) >= 11 is 1.46.